The zero-order chi connectivity index (χ0) is 14.6. The van der Waals surface area contributed by atoms with Crippen LogP contribution in [0, 0.1) is 5.92 Å². The predicted molar refractivity (Wildman–Crippen MR) is 79.3 cm³/mol. The zero-order valence-electron chi connectivity index (χ0n) is 12.8. The van der Waals surface area contributed by atoms with E-state index in [1.807, 2.05) is 6.92 Å². The number of hydrogen-bond acceptors (Lipinski definition) is 3. The first kappa shape index (κ1) is 17.0. The molecular weight excluding hydrogens is 254 g/mol. The van der Waals surface area contributed by atoms with Gasteiger partial charge in [-0.05, 0) is 38.5 Å². The van der Waals surface area contributed by atoms with Gasteiger partial charge in [0.05, 0.1) is 6.61 Å². The lowest BCUT2D eigenvalue weighted by molar-refractivity contribution is -0.143. The number of carbonyl (C=O) groups excluding carboxylic acids is 2. The van der Waals surface area contributed by atoms with Crippen molar-refractivity contribution in [2.75, 3.05) is 13.2 Å². The quantitative estimate of drug-likeness (QED) is 0.522. The normalized spacial score (nSPS) is 15.8. The van der Waals surface area contributed by atoms with Crippen LogP contribution in [0.4, 0.5) is 0 Å². The van der Waals surface area contributed by atoms with Crippen molar-refractivity contribution in [1.82, 2.24) is 5.32 Å². The van der Waals surface area contributed by atoms with Gasteiger partial charge in [0.15, 0.2) is 0 Å². The van der Waals surface area contributed by atoms with E-state index in [4.69, 9.17) is 4.74 Å². The fourth-order valence-electron chi connectivity index (χ4n) is 2.76. The summed E-state index contributed by atoms with van der Waals surface area (Å²) in [6.07, 6.45) is 10.3. The maximum absolute atomic E-state index is 11.8. The van der Waals surface area contributed by atoms with Crippen molar-refractivity contribution < 1.29 is 14.3 Å². The summed E-state index contributed by atoms with van der Waals surface area (Å²) in [4.78, 5) is 22.9. The SMILES string of the molecule is CCOC(=O)CCCCCNC(=O)CC1CCCCC1. The molecule has 0 aromatic heterocycles. The van der Waals surface area contributed by atoms with Crippen LogP contribution in [0.15, 0.2) is 0 Å². The molecule has 1 N–H and O–H groups in total. The van der Waals surface area contributed by atoms with Gasteiger partial charge in [0, 0.05) is 19.4 Å². The van der Waals surface area contributed by atoms with Crippen molar-refractivity contribution in [2.24, 2.45) is 5.92 Å². The predicted octanol–water partition coefficient (Wildman–Crippen LogP) is 3.20. The van der Waals surface area contributed by atoms with Crippen molar-refractivity contribution in [3.63, 3.8) is 0 Å². The van der Waals surface area contributed by atoms with Crippen LogP contribution in [-0.2, 0) is 14.3 Å². The molecule has 4 nitrogen and oxygen atoms in total. The second-order valence-electron chi connectivity index (χ2n) is 5.67. The van der Waals surface area contributed by atoms with Crippen molar-refractivity contribution in [3.05, 3.63) is 0 Å². The number of esters is 1. The van der Waals surface area contributed by atoms with E-state index in [0.717, 1.165) is 25.8 Å². The average molecular weight is 283 g/mol. The third kappa shape index (κ3) is 8.18. The van der Waals surface area contributed by atoms with E-state index in [9.17, 15) is 9.59 Å². The molecule has 0 spiro atoms. The van der Waals surface area contributed by atoms with Crippen molar-refractivity contribution >= 4 is 11.9 Å². The summed E-state index contributed by atoms with van der Waals surface area (Å²) in [5.74, 6) is 0.684. The van der Waals surface area contributed by atoms with E-state index < -0.39 is 0 Å². The van der Waals surface area contributed by atoms with Crippen LogP contribution in [0.3, 0.4) is 0 Å². The lowest BCUT2D eigenvalue weighted by Gasteiger charge is -2.20. The van der Waals surface area contributed by atoms with Crippen molar-refractivity contribution in [1.29, 1.82) is 0 Å². The minimum atomic E-state index is -0.117. The Morgan fingerprint density at radius 1 is 1.10 bits per heavy atom. The average Bonchev–Trinajstić information content (AvgIpc) is 2.44. The molecule has 0 heterocycles. The largest absolute Gasteiger partial charge is 0.466 e. The molecule has 0 aromatic carbocycles. The summed E-state index contributed by atoms with van der Waals surface area (Å²) in [6.45, 7) is 3.00. The van der Waals surface area contributed by atoms with E-state index in [2.05, 4.69) is 5.32 Å². The van der Waals surface area contributed by atoms with E-state index in [-0.39, 0.29) is 11.9 Å². The fourth-order valence-corrected chi connectivity index (χ4v) is 2.76. The van der Waals surface area contributed by atoms with Gasteiger partial charge < -0.3 is 10.1 Å². The number of ether oxygens (including phenoxy) is 1. The van der Waals surface area contributed by atoms with Gasteiger partial charge in [0.2, 0.25) is 5.91 Å². The number of hydrogen-bond donors (Lipinski definition) is 1. The van der Waals surface area contributed by atoms with Crippen LogP contribution in [0.1, 0.15) is 71.1 Å². The Hall–Kier alpha value is -1.06. The minimum Gasteiger partial charge on any atom is -0.466 e. The highest BCUT2D eigenvalue weighted by Gasteiger charge is 2.16. The first-order chi connectivity index (χ1) is 9.72. The van der Waals surface area contributed by atoms with Gasteiger partial charge in [-0.2, -0.15) is 0 Å². The summed E-state index contributed by atoms with van der Waals surface area (Å²) in [5, 5.41) is 2.99. The maximum Gasteiger partial charge on any atom is 0.305 e. The molecule has 1 aliphatic carbocycles. The van der Waals surface area contributed by atoms with E-state index in [1.54, 1.807) is 0 Å². The second-order valence-corrected chi connectivity index (χ2v) is 5.67. The smallest absolute Gasteiger partial charge is 0.305 e. The lowest BCUT2D eigenvalue weighted by atomic mass is 9.87. The molecule has 1 amide bonds. The highest BCUT2D eigenvalue weighted by Crippen LogP contribution is 2.25. The van der Waals surface area contributed by atoms with Gasteiger partial charge in [-0.15, -0.1) is 0 Å². The van der Waals surface area contributed by atoms with Gasteiger partial charge in [-0.1, -0.05) is 25.7 Å². The monoisotopic (exact) mass is 283 g/mol. The third-order valence-electron chi connectivity index (χ3n) is 3.88. The van der Waals surface area contributed by atoms with Crippen molar-refractivity contribution in [2.45, 2.75) is 71.1 Å². The molecule has 1 rings (SSSR count). The van der Waals surface area contributed by atoms with Crippen LogP contribution in [0.25, 0.3) is 0 Å². The summed E-state index contributed by atoms with van der Waals surface area (Å²) >= 11 is 0. The Labute approximate surface area is 122 Å². The van der Waals surface area contributed by atoms with Crippen LogP contribution in [0.2, 0.25) is 0 Å². The zero-order valence-corrected chi connectivity index (χ0v) is 12.8. The Morgan fingerprint density at radius 3 is 2.55 bits per heavy atom. The number of rotatable bonds is 9. The van der Waals surface area contributed by atoms with Gasteiger partial charge in [-0.25, -0.2) is 0 Å². The van der Waals surface area contributed by atoms with Crippen LogP contribution in [-0.4, -0.2) is 25.0 Å². The van der Waals surface area contributed by atoms with E-state index >= 15 is 0 Å². The molecule has 1 aliphatic rings. The first-order valence-corrected chi connectivity index (χ1v) is 8.14. The minimum absolute atomic E-state index is 0.117. The molecule has 1 saturated carbocycles. The Kier molecular flexibility index (Phi) is 9.09. The Bertz CT molecular complexity index is 285. The van der Waals surface area contributed by atoms with Crippen LogP contribution in [0.5, 0.6) is 0 Å². The molecule has 0 radical (unpaired) electrons. The summed E-state index contributed by atoms with van der Waals surface area (Å²) in [6, 6.07) is 0. The Morgan fingerprint density at radius 2 is 1.85 bits per heavy atom. The third-order valence-corrected chi connectivity index (χ3v) is 3.88. The fraction of sp³-hybridized carbons (Fsp3) is 0.875. The molecule has 0 aromatic rings. The topological polar surface area (TPSA) is 55.4 Å². The summed E-state index contributed by atoms with van der Waals surface area (Å²) in [7, 11) is 0. The highest BCUT2D eigenvalue weighted by molar-refractivity contribution is 5.76. The van der Waals surface area contributed by atoms with E-state index in [0.29, 0.717) is 25.4 Å². The molecule has 116 valence electrons. The first-order valence-electron chi connectivity index (χ1n) is 8.14. The molecule has 0 atom stereocenters. The maximum atomic E-state index is 11.8. The molecule has 0 aliphatic heterocycles. The van der Waals surface area contributed by atoms with Crippen molar-refractivity contribution in [3.8, 4) is 0 Å². The number of unbranched alkanes of at least 4 members (excludes halogenated alkanes) is 2. The summed E-state index contributed by atoms with van der Waals surface area (Å²) in [5.41, 5.74) is 0. The molecule has 1 fully saturated rings. The molecule has 0 unspecified atom stereocenters. The van der Waals surface area contributed by atoms with Gasteiger partial charge in [-0.3, -0.25) is 9.59 Å². The second kappa shape index (κ2) is 10.7. The van der Waals surface area contributed by atoms with Gasteiger partial charge >= 0.3 is 5.97 Å². The highest BCUT2D eigenvalue weighted by atomic mass is 16.5. The van der Waals surface area contributed by atoms with Gasteiger partial charge in [0.25, 0.3) is 0 Å². The standard InChI is InChI=1S/C16H29NO3/c1-2-20-16(19)11-7-4-8-12-17-15(18)13-14-9-5-3-6-10-14/h14H,2-13H2,1H3,(H,17,18). The number of amides is 1. The van der Waals surface area contributed by atoms with Gasteiger partial charge in [0.1, 0.15) is 0 Å². The molecule has 4 heteroatoms. The number of carbonyl (C=O) groups is 2. The molecular formula is C16H29NO3. The Balaban J connectivity index is 1.92. The molecule has 0 saturated heterocycles. The molecule has 0 bridgehead atoms. The molecule has 20 heavy (non-hydrogen) atoms. The summed E-state index contributed by atoms with van der Waals surface area (Å²) < 4.78 is 4.86. The van der Waals surface area contributed by atoms with Crippen LogP contribution < -0.4 is 5.32 Å². The lowest BCUT2D eigenvalue weighted by Crippen LogP contribution is -2.27. The number of nitrogens with one attached hydrogen (secondary N) is 1. The van der Waals surface area contributed by atoms with E-state index in [1.165, 1.54) is 32.1 Å². The van der Waals surface area contributed by atoms with Crippen LogP contribution >= 0.6 is 0 Å².